The Bertz CT molecular complexity index is 462. The Labute approximate surface area is 119 Å². The maximum atomic E-state index is 5.65. The molecule has 0 fully saturated rings. The molecule has 0 aliphatic heterocycles. The Balaban J connectivity index is 1.87. The molecule has 20 heavy (non-hydrogen) atoms. The van der Waals surface area contributed by atoms with Crippen molar-refractivity contribution < 1.29 is 9.47 Å². The zero-order chi connectivity index (χ0) is 14.2. The van der Waals surface area contributed by atoms with Gasteiger partial charge in [-0.25, -0.2) is 4.98 Å². The normalized spacial score (nSPS) is 10.1. The number of aromatic nitrogens is 2. The van der Waals surface area contributed by atoms with Crippen molar-refractivity contribution in [2.75, 3.05) is 18.5 Å². The predicted octanol–water partition coefficient (Wildman–Crippen LogP) is 2.89. The maximum absolute atomic E-state index is 5.65. The number of nitrogens with one attached hydrogen (secondary N) is 1. The molecule has 0 atom stereocenters. The fraction of sp³-hybridized carbons (Fsp3) is 0.333. The molecule has 106 valence electrons. The molecule has 1 aromatic heterocycles. The third kappa shape index (κ3) is 4.12. The van der Waals surface area contributed by atoms with E-state index >= 15 is 0 Å². The first kappa shape index (κ1) is 14.1. The van der Waals surface area contributed by atoms with E-state index in [1.165, 1.54) is 0 Å². The predicted molar refractivity (Wildman–Crippen MR) is 78.1 cm³/mol. The van der Waals surface area contributed by atoms with Crippen LogP contribution in [0.25, 0.3) is 0 Å². The number of anilines is 1. The van der Waals surface area contributed by atoms with Crippen LogP contribution in [0.5, 0.6) is 11.5 Å². The van der Waals surface area contributed by atoms with Crippen LogP contribution in [0, 0.1) is 0 Å². The molecule has 1 heterocycles. The number of hydrogen-bond acceptors (Lipinski definition) is 5. The second-order valence-corrected chi connectivity index (χ2v) is 4.12. The molecule has 0 aliphatic rings. The summed E-state index contributed by atoms with van der Waals surface area (Å²) < 4.78 is 11.0. The molecule has 5 nitrogen and oxygen atoms in total. The van der Waals surface area contributed by atoms with Crippen LogP contribution >= 0.6 is 0 Å². The van der Waals surface area contributed by atoms with Gasteiger partial charge in [0.15, 0.2) is 0 Å². The highest BCUT2D eigenvalue weighted by atomic mass is 16.5. The van der Waals surface area contributed by atoms with E-state index in [4.69, 9.17) is 9.47 Å². The van der Waals surface area contributed by atoms with Gasteiger partial charge in [0.05, 0.1) is 24.7 Å². The van der Waals surface area contributed by atoms with Gasteiger partial charge in [-0.1, -0.05) is 0 Å². The van der Waals surface area contributed by atoms with Gasteiger partial charge >= 0.3 is 0 Å². The first-order valence-electron chi connectivity index (χ1n) is 6.72. The van der Waals surface area contributed by atoms with Gasteiger partial charge in [-0.2, -0.15) is 0 Å². The molecular formula is C15H19N3O2. The van der Waals surface area contributed by atoms with Crippen molar-refractivity contribution in [2.45, 2.75) is 20.5 Å². The topological polar surface area (TPSA) is 56.3 Å². The number of hydrogen-bond donors (Lipinski definition) is 1. The quantitative estimate of drug-likeness (QED) is 0.840. The van der Waals surface area contributed by atoms with Gasteiger partial charge in [0.1, 0.15) is 23.9 Å². The van der Waals surface area contributed by atoms with E-state index in [2.05, 4.69) is 15.3 Å². The largest absolute Gasteiger partial charge is 0.494 e. The summed E-state index contributed by atoms with van der Waals surface area (Å²) in [6, 6.07) is 7.54. The van der Waals surface area contributed by atoms with Gasteiger partial charge in [-0.15, -0.1) is 0 Å². The lowest BCUT2D eigenvalue weighted by molar-refractivity contribution is 0.299. The van der Waals surface area contributed by atoms with E-state index < -0.39 is 0 Å². The zero-order valence-electron chi connectivity index (χ0n) is 11.8. The molecular weight excluding hydrogens is 254 g/mol. The van der Waals surface area contributed by atoms with Crippen molar-refractivity contribution in [1.29, 1.82) is 0 Å². The molecule has 0 aliphatic carbocycles. The molecule has 0 amide bonds. The van der Waals surface area contributed by atoms with Crippen LogP contribution in [0.4, 0.5) is 5.82 Å². The number of ether oxygens (including phenoxy) is 2. The Morgan fingerprint density at radius 2 is 1.65 bits per heavy atom. The summed E-state index contributed by atoms with van der Waals surface area (Å²) >= 11 is 0. The lowest BCUT2D eigenvalue weighted by atomic mass is 10.3. The lowest BCUT2D eigenvalue weighted by Gasteiger charge is -2.08. The fourth-order valence-corrected chi connectivity index (χ4v) is 1.66. The average Bonchev–Trinajstić information content (AvgIpc) is 2.49. The monoisotopic (exact) mass is 273 g/mol. The molecule has 1 N–H and O–H groups in total. The number of nitrogens with zero attached hydrogens (tertiary/aromatic N) is 2. The minimum Gasteiger partial charge on any atom is -0.494 e. The number of rotatable bonds is 7. The van der Waals surface area contributed by atoms with Crippen molar-refractivity contribution >= 4 is 5.82 Å². The van der Waals surface area contributed by atoms with Gasteiger partial charge in [0.2, 0.25) is 0 Å². The zero-order valence-corrected chi connectivity index (χ0v) is 11.8. The first-order valence-corrected chi connectivity index (χ1v) is 6.72. The highest BCUT2D eigenvalue weighted by Gasteiger charge is 2.00. The molecule has 0 saturated heterocycles. The van der Waals surface area contributed by atoms with Crippen molar-refractivity contribution in [1.82, 2.24) is 9.97 Å². The molecule has 2 rings (SSSR count). The van der Waals surface area contributed by atoms with Gasteiger partial charge in [0.25, 0.3) is 0 Å². The smallest absolute Gasteiger partial charge is 0.144 e. The van der Waals surface area contributed by atoms with Crippen LogP contribution in [0.1, 0.15) is 19.5 Å². The molecule has 0 bridgehead atoms. The Kier molecular flexibility index (Phi) is 5.17. The molecule has 1 aromatic carbocycles. The number of benzene rings is 1. The van der Waals surface area contributed by atoms with Crippen LogP contribution in [0.2, 0.25) is 0 Å². The van der Waals surface area contributed by atoms with Crippen LogP contribution in [0.15, 0.2) is 36.7 Å². The Morgan fingerprint density at radius 3 is 2.20 bits per heavy atom. The molecule has 0 unspecified atom stereocenters. The Morgan fingerprint density at radius 1 is 0.950 bits per heavy atom. The summed E-state index contributed by atoms with van der Waals surface area (Å²) in [5.74, 6) is 2.40. The molecule has 0 saturated carbocycles. The van der Waals surface area contributed by atoms with Gasteiger partial charge in [-0.05, 0) is 38.1 Å². The minimum absolute atomic E-state index is 0.396. The molecule has 0 radical (unpaired) electrons. The van der Waals surface area contributed by atoms with Crippen molar-refractivity contribution in [3.8, 4) is 11.5 Å². The second kappa shape index (κ2) is 7.33. The molecule has 5 heteroatoms. The van der Waals surface area contributed by atoms with Crippen LogP contribution in [0.3, 0.4) is 0 Å². The molecule has 2 aromatic rings. The van der Waals surface area contributed by atoms with Crippen LogP contribution < -0.4 is 14.8 Å². The minimum atomic E-state index is 0.396. The van der Waals surface area contributed by atoms with Crippen LogP contribution in [-0.2, 0) is 6.61 Å². The highest BCUT2D eigenvalue weighted by Crippen LogP contribution is 2.18. The summed E-state index contributed by atoms with van der Waals surface area (Å²) in [6.07, 6.45) is 3.42. The van der Waals surface area contributed by atoms with Crippen molar-refractivity contribution in [2.24, 2.45) is 0 Å². The SMILES string of the molecule is CCNc1cnc(COc2ccc(OCC)cc2)cn1. The summed E-state index contributed by atoms with van der Waals surface area (Å²) in [5.41, 5.74) is 0.792. The van der Waals surface area contributed by atoms with Crippen molar-refractivity contribution in [3.05, 3.63) is 42.4 Å². The van der Waals surface area contributed by atoms with Crippen LogP contribution in [-0.4, -0.2) is 23.1 Å². The van der Waals surface area contributed by atoms with E-state index in [1.807, 2.05) is 38.1 Å². The van der Waals surface area contributed by atoms with E-state index in [1.54, 1.807) is 12.4 Å². The molecule has 0 spiro atoms. The average molecular weight is 273 g/mol. The van der Waals surface area contributed by atoms with E-state index in [-0.39, 0.29) is 0 Å². The van der Waals surface area contributed by atoms with E-state index in [0.29, 0.717) is 13.2 Å². The third-order valence-corrected chi connectivity index (χ3v) is 2.58. The van der Waals surface area contributed by atoms with Gasteiger partial charge in [0, 0.05) is 6.54 Å². The fourth-order valence-electron chi connectivity index (χ4n) is 1.66. The third-order valence-electron chi connectivity index (χ3n) is 2.58. The summed E-state index contributed by atoms with van der Waals surface area (Å²) in [4.78, 5) is 8.53. The standard InChI is InChI=1S/C15H19N3O2/c1-3-16-15-10-17-12(9-18-15)11-20-14-7-5-13(6-8-14)19-4-2/h5-10H,3-4,11H2,1-2H3,(H,16,18). The maximum Gasteiger partial charge on any atom is 0.144 e. The lowest BCUT2D eigenvalue weighted by Crippen LogP contribution is -2.03. The second-order valence-electron chi connectivity index (χ2n) is 4.12. The van der Waals surface area contributed by atoms with Gasteiger partial charge < -0.3 is 14.8 Å². The Hall–Kier alpha value is -2.30. The van der Waals surface area contributed by atoms with E-state index in [9.17, 15) is 0 Å². The highest BCUT2D eigenvalue weighted by molar-refractivity contribution is 5.32. The van der Waals surface area contributed by atoms with Crippen molar-refractivity contribution in [3.63, 3.8) is 0 Å². The van der Waals surface area contributed by atoms with Gasteiger partial charge in [-0.3, -0.25) is 4.98 Å². The van der Waals surface area contributed by atoms with E-state index in [0.717, 1.165) is 29.6 Å². The summed E-state index contributed by atoms with van der Waals surface area (Å²) in [6.45, 7) is 5.86. The summed E-state index contributed by atoms with van der Waals surface area (Å²) in [5, 5.41) is 3.10. The summed E-state index contributed by atoms with van der Waals surface area (Å²) in [7, 11) is 0. The first-order chi connectivity index (χ1) is 9.81.